The standard InChI is InChI=1S/C16H15Cl2NO2S2/c1-2-22-16-8-7-14(18)11-15(16)19-23(20,21)10-9-12-3-5-13(17)6-4-12/h3-11,19H,2H2,1H3/b10-9+. The molecule has 2 rings (SSSR count). The van der Waals surface area contributed by atoms with Gasteiger partial charge in [-0.2, -0.15) is 0 Å². The van der Waals surface area contributed by atoms with E-state index in [2.05, 4.69) is 4.72 Å². The summed E-state index contributed by atoms with van der Waals surface area (Å²) in [6.45, 7) is 2.00. The summed E-state index contributed by atoms with van der Waals surface area (Å²) in [6, 6.07) is 12.0. The third-order valence-corrected chi connectivity index (χ3v) is 5.24. The Morgan fingerprint density at radius 1 is 1.09 bits per heavy atom. The Kier molecular flexibility index (Phi) is 6.41. The molecule has 0 spiro atoms. The van der Waals surface area contributed by atoms with Crippen LogP contribution in [0.4, 0.5) is 5.69 Å². The van der Waals surface area contributed by atoms with Crippen LogP contribution in [0.25, 0.3) is 6.08 Å². The quantitative estimate of drug-likeness (QED) is 0.663. The van der Waals surface area contributed by atoms with Crippen molar-refractivity contribution in [3.05, 3.63) is 63.5 Å². The maximum Gasteiger partial charge on any atom is 0.255 e. The lowest BCUT2D eigenvalue weighted by Gasteiger charge is -2.10. The minimum Gasteiger partial charge on any atom is -0.279 e. The molecule has 0 saturated carbocycles. The molecule has 7 heteroatoms. The van der Waals surface area contributed by atoms with E-state index in [0.29, 0.717) is 15.7 Å². The molecule has 0 aliphatic rings. The molecule has 1 N–H and O–H groups in total. The van der Waals surface area contributed by atoms with Crippen molar-refractivity contribution in [3.63, 3.8) is 0 Å². The van der Waals surface area contributed by atoms with Crippen LogP contribution in [0.15, 0.2) is 52.8 Å². The molecule has 23 heavy (non-hydrogen) atoms. The van der Waals surface area contributed by atoms with Crippen molar-refractivity contribution in [3.8, 4) is 0 Å². The predicted molar refractivity (Wildman–Crippen MR) is 101 cm³/mol. The fourth-order valence-corrected chi connectivity index (χ4v) is 3.78. The van der Waals surface area contributed by atoms with Gasteiger partial charge in [0.05, 0.1) is 11.1 Å². The van der Waals surface area contributed by atoms with Gasteiger partial charge in [-0.25, -0.2) is 8.42 Å². The minimum atomic E-state index is -3.64. The Morgan fingerprint density at radius 2 is 1.74 bits per heavy atom. The number of hydrogen-bond acceptors (Lipinski definition) is 3. The highest BCUT2D eigenvalue weighted by molar-refractivity contribution is 7.99. The Hall–Kier alpha value is -1.14. The molecule has 0 radical (unpaired) electrons. The third kappa shape index (κ3) is 5.77. The first-order valence-corrected chi connectivity index (χ1v) is 10.1. The molecule has 0 aliphatic heterocycles. The number of sulfonamides is 1. The number of benzene rings is 2. The van der Waals surface area contributed by atoms with Crippen LogP contribution in [0.1, 0.15) is 12.5 Å². The van der Waals surface area contributed by atoms with Crippen molar-refractivity contribution in [2.75, 3.05) is 10.5 Å². The maximum absolute atomic E-state index is 12.2. The van der Waals surface area contributed by atoms with Gasteiger partial charge < -0.3 is 0 Å². The van der Waals surface area contributed by atoms with Crippen molar-refractivity contribution in [2.24, 2.45) is 0 Å². The molecular formula is C16H15Cl2NO2S2. The molecule has 0 unspecified atom stereocenters. The van der Waals surface area contributed by atoms with Crippen LogP contribution >= 0.6 is 35.0 Å². The SMILES string of the molecule is CCSc1ccc(Cl)cc1NS(=O)(=O)/C=C/c1ccc(Cl)cc1. The van der Waals surface area contributed by atoms with Gasteiger partial charge in [0.1, 0.15) is 0 Å². The van der Waals surface area contributed by atoms with Gasteiger partial charge in [0.15, 0.2) is 0 Å². The minimum absolute atomic E-state index is 0.477. The summed E-state index contributed by atoms with van der Waals surface area (Å²) >= 11 is 13.3. The van der Waals surface area contributed by atoms with Crippen molar-refractivity contribution >= 4 is 56.8 Å². The third-order valence-electron chi connectivity index (χ3n) is 2.80. The highest BCUT2D eigenvalue weighted by Gasteiger charge is 2.10. The first-order valence-electron chi connectivity index (χ1n) is 6.78. The number of hydrogen-bond donors (Lipinski definition) is 1. The largest absolute Gasteiger partial charge is 0.279 e. The second-order valence-corrected chi connectivity index (χ2v) is 8.32. The van der Waals surface area contributed by atoms with Crippen molar-refractivity contribution in [2.45, 2.75) is 11.8 Å². The van der Waals surface area contributed by atoms with Crippen LogP contribution in [-0.2, 0) is 10.0 Å². The number of nitrogens with one attached hydrogen (secondary N) is 1. The highest BCUT2D eigenvalue weighted by Crippen LogP contribution is 2.30. The molecule has 122 valence electrons. The smallest absolute Gasteiger partial charge is 0.255 e. The van der Waals surface area contributed by atoms with Gasteiger partial charge in [-0.05, 0) is 47.7 Å². The average molecular weight is 388 g/mol. The topological polar surface area (TPSA) is 46.2 Å². The zero-order valence-corrected chi connectivity index (χ0v) is 15.4. The number of rotatable bonds is 6. The first kappa shape index (κ1) is 18.2. The molecule has 0 heterocycles. The number of anilines is 1. The fraction of sp³-hybridized carbons (Fsp3) is 0.125. The van der Waals surface area contributed by atoms with Gasteiger partial charge in [0.25, 0.3) is 10.0 Å². The van der Waals surface area contributed by atoms with Gasteiger partial charge in [-0.15, -0.1) is 11.8 Å². The van der Waals surface area contributed by atoms with E-state index < -0.39 is 10.0 Å². The maximum atomic E-state index is 12.2. The van der Waals surface area contributed by atoms with Gasteiger partial charge in [-0.3, -0.25) is 4.72 Å². The van der Waals surface area contributed by atoms with Gasteiger partial charge in [0, 0.05) is 14.9 Å². The molecule has 3 nitrogen and oxygen atoms in total. The number of thioether (sulfide) groups is 1. The Labute approximate surface area is 150 Å². The normalized spacial score (nSPS) is 11.8. The van der Waals surface area contributed by atoms with Crippen LogP contribution in [0, 0.1) is 0 Å². The molecule has 0 saturated heterocycles. The zero-order chi connectivity index (χ0) is 16.9. The molecule has 2 aromatic rings. The molecule has 0 aliphatic carbocycles. The van der Waals surface area contributed by atoms with Gasteiger partial charge >= 0.3 is 0 Å². The molecule has 0 aromatic heterocycles. The first-order chi connectivity index (χ1) is 10.9. The lowest BCUT2D eigenvalue weighted by molar-refractivity contribution is 0.609. The van der Waals surface area contributed by atoms with E-state index in [4.69, 9.17) is 23.2 Å². The highest BCUT2D eigenvalue weighted by atomic mass is 35.5. The second-order valence-electron chi connectivity index (χ2n) is 4.57. The molecule has 0 fully saturated rings. The Bertz CT molecular complexity index is 803. The fourth-order valence-electron chi connectivity index (χ4n) is 1.79. The van der Waals surface area contributed by atoms with Crippen LogP contribution in [0.3, 0.4) is 0 Å². The second kappa shape index (κ2) is 8.11. The Morgan fingerprint density at radius 3 is 2.39 bits per heavy atom. The molecule has 0 bridgehead atoms. The summed E-state index contributed by atoms with van der Waals surface area (Å²) in [5.41, 5.74) is 1.22. The molecule has 0 atom stereocenters. The van der Waals surface area contributed by atoms with E-state index in [1.807, 2.05) is 6.92 Å². The van der Waals surface area contributed by atoms with E-state index in [-0.39, 0.29) is 0 Å². The van der Waals surface area contributed by atoms with Gasteiger partial charge in [0.2, 0.25) is 0 Å². The van der Waals surface area contributed by atoms with Crippen LogP contribution in [0.5, 0.6) is 0 Å². The van der Waals surface area contributed by atoms with Crippen molar-refractivity contribution in [1.82, 2.24) is 0 Å². The lowest BCUT2D eigenvalue weighted by atomic mass is 10.2. The Balaban J connectivity index is 2.21. The van der Waals surface area contributed by atoms with Crippen LogP contribution in [-0.4, -0.2) is 14.2 Å². The number of halogens is 2. The van der Waals surface area contributed by atoms with Crippen molar-refractivity contribution in [1.29, 1.82) is 0 Å². The summed E-state index contributed by atoms with van der Waals surface area (Å²) in [5, 5.41) is 2.20. The summed E-state index contributed by atoms with van der Waals surface area (Å²) in [6.07, 6.45) is 1.51. The van der Waals surface area contributed by atoms with Gasteiger partial charge in [-0.1, -0.05) is 42.3 Å². The van der Waals surface area contributed by atoms with E-state index >= 15 is 0 Å². The van der Waals surface area contributed by atoms with Crippen molar-refractivity contribution < 1.29 is 8.42 Å². The van der Waals surface area contributed by atoms with E-state index in [9.17, 15) is 8.42 Å². The zero-order valence-electron chi connectivity index (χ0n) is 12.3. The molecule has 0 amide bonds. The molecular weight excluding hydrogens is 373 g/mol. The van der Waals surface area contributed by atoms with E-state index in [0.717, 1.165) is 21.6 Å². The average Bonchev–Trinajstić information content (AvgIpc) is 2.49. The van der Waals surface area contributed by atoms with Crippen LogP contribution in [0.2, 0.25) is 10.0 Å². The van der Waals surface area contributed by atoms with Crippen LogP contribution < -0.4 is 4.72 Å². The molecule has 2 aromatic carbocycles. The monoisotopic (exact) mass is 387 g/mol. The lowest BCUT2D eigenvalue weighted by Crippen LogP contribution is -2.09. The van der Waals surface area contributed by atoms with E-state index in [1.165, 1.54) is 6.08 Å². The summed E-state index contributed by atoms with van der Waals surface area (Å²) in [5.74, 6) is 0.830. The summed E-state index contributed by atoms with van der Waals surface area (Å²) in [7, 11) is -3.64. The van der Waals surface area contributed by atoms with E-state index in [1.54, 1.807) is 54.2 Å². The summed E-state index contributed by atoms with van der Waals surface area (Å²) < 4.78 is 27.0. The summed E-state index contributed by atoms with van der Waals surface area (Å²) in [4.78, 5) is 0.834. The predicted octanol–water partition coefficient (Wildman–Crippen LogP) is 5.52.